The van der Waals surface area contributed by atoms with Crippen LogP contribution >= 0.6 is 0 Å². The lowest BCUT2D eigenvalue weighted by Gasteiger charge is -2.33. The zero-order valence-corrected chi connectivity index (χ0v) is 13.1. The number of hydrogen-bond acceptors (Lipinski definition) is 5. The quantitative estimate of drug-likeness (QED) is 0.661. The van der Waals surface area contributed by atoms with Gasteiger partial charge in [0.05, 0.1) is 22.6 Å². The lowest BCUT2D eigenvalue weighted by molar-refractivity contribution is -0.384. The van der Waals surface area contributed by atoms with E-state index in [0.717, 1.165) is 0 Å². The minimum Gasteiger partial charge on any atom is -0.481 e. The summed E-state index contributed by atoms with van der Waals surface area (Å²) >= 11 is 0. The van der Waals surface area contributed by atoms with Crippen molar-refractivity contribution in [2.24, 2.45) is 5.92 Å². The molecule has 2 fully saturated rings. The van der Waals surface area contributed by atoms with Crippen LogP contribution in [0.4, 0.5) is 11.4 Å². The number of non-ortho nitro benzene ring substituents is 1. The summed E-state index contributed by atoms with van der Waals surface area (Å²) < 4.78 is 0. The predicted molar refractivity (Wildman–Crippen MR) is 85.8 cm³/mol. The molecule has 1 unspecified atom stereocenters. The second-order valence-corrected chi connectivity index (χ2v) is 6.22. The SMILES string of the molecule is O=C(O)C1CCN(C2CCN(c3cccc([N+](=O)[O-])c3)C2=O)CC1. The number of nitro benzene ring substituents is 1. The van der Waals surface area contributed by atoms with Gasteiger partial charge in [0.25, 0.3) is 5.69 Å². The van der Waals surface area contributed by atoms with Crippen molar-refractivity contribution in [3.05, 3.63) is 34.4 Å². The highest BCUT2D eigenvalue weighted by atomic mass is 16.6. The zero-order valence-electron chi connectivity index (χ0n) is 13.1. The van der Waals surface area contributed by atoms with E-state index in [0.29, 0.717) is 44.6 Å². The highest BCUT2D eigenvalue weighted by Crippen LogP contribution is 2.29. The molecular weight excluding hydrogens is 314 g/mol. The lowest BCUT2D eigenvalue weighted by atomic mass is 9.96. The third-order valence-electron chi connectivity index (χ3n) is 4.85. The Balaban J connectivity index is 1.68. The Labute approximate surface area is 138 Å². The van der Waals surface area contributed by atoms with Gasteiger partial charge in [-0.15, -0.1) is 0 Å². The Hall–Kier alpha value is -2.48. The number of aliphatic carboxylic acids is 1. The van der Waals surface area contributed by atoms with E-state index < -0.39 is 10.9 Å². The van der Waals surface area contributed by atoms with E-state index in [9.17, 15) is 19.7 Å². The van der Waals surface area contributed by atoms with Gasteiger partial charge >= 0.3 is 5.97 Å². The summed E-state index contributed by atoms with van der Waals surface area (Å²) in [7, 11) is 0. The van der Waals surface area contributed by atoms with Crippen LogP contribution in [0.2, 0.25) is 0 Å². The average molecular weight is 333 g/mol. The van der Waals surface area contributed by atoms with Crippen molar-refractivity contribution in [3.63, 3.8) is 0 Å². The summed E-state index contributed by atoms with van der Waals surface area (Å²) in [6.07, 6.45) is 1.76. The minimum atomic E-state index is -0.773. The Kier molecular flexibility index (Phi) is 4.48. The largest absolute Gasteiger partial charge is 0.481 e. The normalized spacial score (nSPS) is 22.8. The number of piperidine rings is 1. The Morgan fingerprint density at radius 3 is 2.54 bits per heavy atom. The van der Waals surface area contributed by atoms with E-state index in [-0.39, 0.29) is 23.6 Å². The number of carbonyl (C=O) groups excluding carboxylic acids is 1. The van der Waals surface area contributed by atoms with Gasteiger partial charge in [0.2, 0.25) is 5.91 Å². The molecule has 0 saturated carbocycles. The molecule has 0 aromatic heterocycles. The molecule has 0 radical (unpaired) electrons. The van der Waals surface area contributed by atoms with Crippen molar-refractivity contribution in [2.45, 2.75) is 25.3 Å². The van der Waals surface area contributed by atoms with Gasteiger partial charge in [0, 0.05) is 18.7 Å². The Morgan fingerprint density at radius 2 is 1.92 bits per heavy atom. The van der Waals surface area contributed by atoms with Gasteiger partial charge in [-0.25, -0.2) is 0 Å². The smallest absolute Gasteiger partial charge is 0.306 e. The molecule has 2 aliphatic rings. The molecule has 1 amide bonds. The molecule has 0 bridgehead atoms. The molecule has 1 aromatic rings. The molecule has 24 heavy (non-hydrogen) atoms. The number of carboxylic acid groups (broad SMARTS) is 1. The van der Waals surface area contributed by atoms with Crippen molar-refractivity contribution in [2.75, 3.05) is 24.5 Å². The Morgan fingerprint density at radius 1 is 1.21 bits per heavy atom. The number of likely N-dealkylation sites (tertiary alicyclic amines) is 1. The molecule has 8 nitrogen and oxygen atoms in total. The number of carbonyl (C=O) groups is 2. The molecule has 2 saturated heterocycles. The maximum absolute atomic E-state index is 12.7. The molecule has 0 spiro atoms. The maximum Gasteiger partial charge on any atom is 0.306 e. The van der Waals surface area contributed by atoms with E-state index in [1.165, 1.54) is 12.1 Å². The first-order valence-electron chi connectivity index (χ1n) is 8.00. The fourth-order valence-electron chi connectivity index (χ4n) is 3.49. The van der Waals surface area contributed by atoms with Gasteiger partial charge in [-0.2, -0.15) is 0 Å². The van der Waals surface area contributed by atoms with Crippen LogP contribution in [0.1, 0.15) is 19.3 Å². The molecule has 1 aromatic carbocycles. The number of nitro groups is 1. The lowest BCUT2D eigenvalue weighted by Crippen LogP contribution is -2.46. The number of amides is 1. The molecule has 2 heterocycles. The second kappa shape index (κ2) is 6.56. The number of benzene rings is 1. The van der Waals surface area contributed by atoms with Crippen LogP contribution in [0, 0.1) is 16.0 Å². The number of carboxylic acids is 1. The van der Waals surface area contributed by atoms with Gasteiger partial charge in [0.1, 0.15) is 0 Å². The van der Waals surface area contributed by atoms with Crippen LogP contribution in [0.15, 0.2) is 24.3 Å². The van der Waals surface area contributed by atoms with Crippen LogP contribution in [0.25, 0.3) is 0 Å². The summed E-state index contributed by atoms with van der Waals surface area (Å²) in [5.41, 5.74) is 0.503. The molecule has 2 aliphatic heterocycles. The van der Waals surface area contributed by atoms with Gasteiger partial charge in [-0.1, -0.05) is 6.07 Å². The van der Waals surface area contributed by atoms with Crippen molar-refractivity contribution < 1.29 is 19.6 Å². The number of nitrogens with zero attached hydrogens (tertiary/aromatic N) is 3. The Bertz CT molecular complexity index is 669. The van der Waals surface area contributed by atoms with Crippen LogP contribution in [0.5, 0.6) is 0 Å². The third kappa shape index (κ3) is 3.09. The van der Waals surface area contributed by atoms with Crippen molar-refractivity contribution >= 4 is 23.3 Å². The monoisotopic (exact) mass is 333 g/mol. The second-order valence-electron chi connectivity index (χ2n) is 6.22. The molecule has 3 rings (SSSR count). The van der Waals surface area contributed by atoms with Gasteiger partial charge in [-0.3, -0.25) is 24.6 Å². The summed E-state index contributed by atoms with van der Waals surface area (Å²) in [4.78, 5) is 37.8. The summed E-state index contributed by atoms with van der Waals surface area (Å²) in [5, 5.41) is 19.9. The van der Waals surface area contributed by atoms with Crippen LogP contribution in [-0.4, -0.2) is 52.5 Å². The standard InChI is InChI=1S/C16H19N3O5/c20-15-14(17-7-4-11(5-8-17)16(21)22)6-9-18(15)12-2-1-3-13(10-12)19(23)24/h1-3,10-11,14H,4-9H2,(H,21,22). The molecular formula is C16H19N3O5. The molecule has 1 N–H and O–H groups in total. The van der Waals surface area contributed by atoms with E-state index >= 15 is 0 Å². The van der Waals surface area contributed by atoms with Gasteiger partial charge in [-0.05, 0) is 38.4 Å². The average Bonchev–Trinajstić information content (AvgIpc) is 2.96. The van der Waals surface area contributed by atoms with Crippen molar-refractivity contribution in [1.82, 2.24) is 4.90 Å². The minimum absolute atomic E-state index is 0.0361. The fourth-order valence-corrected chi connectivity index (χ4v) is 3.49. The van der Waals surface area contributed by atoms with E-state index in [1.807, 2.05) is 4.90 Å². The number of anilines is 1. The third-order valence-corrected chi connectivity index (χ3v) is 4.85. The summed E-state index contributed by atoms with van der Waals surface area (Å²) in [6.45, 7) is 1.70. The first-order chi connectivity index (χ1) is 11.5. The van der Waals surface area contributed by atoms with E-state index in [1.54, 1.807) is 17.0 Å². The van der Waals surface area contributed by atoms with E-state index in [2.05, 4.69) is 0 Å². The van der Waals surface area contributed by atoms with Crippen molar-refractivity contribution in [1.29, 1.82) is 0 Å². The summed E-state index contributed by atoms with van der Waals surface area (Å²) in [5.74, 6) is -1.17. The number of hydrogen-bond donors (Lipinski definition) is 1. The highest BCUT2D eigenvalue weighted by Gasteiger charge is 2.39. The van der Waals surface area contributed by atoms with Crippen LogP contribution in [0.3, 0.4) is 0 Å². The molecule has 0 aliphatic carbocycles. The fraction of sp³-hybridized carbons (Fsp3) is 0.500. The first-order valence-corrected chi connectivity index (χ1v) is 8.00. The molecule has 8 heteroatoms. The van der Waals surface area contributed by atoms with Crippen LogP contribution < -0.4 is 4.90 Å². The predicted octanol–water partition coefficient (Wildman–Crippen LogP) is 1.50. The first kappa shape index (κ1) is 16.4. The highest BCUT2D eigenvalue weighted by molar-refractivity contribution is 5.99. The number of rotatable bonds is 4. The van der Waals surface area contributed by atoms with Gasteiger partial charge < -0.3 is 10.0 Å². The van der Waals surface area contributed by atoms with Gasteiger partial charge in [0.15, 0.2) is 0 Å². The van der Waals surface area contributed by atoms with Crippen molar-refractivity contribution in [3.8, 4) is 0 Å². The van der Waals surface area contributed by atoms with E-state index in [4.69, 9.17) is 5.11 Å². The zero-order chi connectivity index (χ0) is 17.3. The summed E-state index contributed by atoms with van der Waals surface area (Å²) in [6, 6.07) is 5.82. The molecule has 1 atom stereocenters. The maximum atomic E-state index is 12.7. The van der Waals surface area contributed by atoms with Crippen LogP contribution in [-0.2, 0) is 9.59 Å². The molecule has 128 valence electrons. The topological polar surface area (TPSA) is 104 Å².